The van der Waals surface area contributed by atoms with Crippen molar-refractivity contribution in [1.82, 2.24) is 4.90 Å². The molecule has 0 atom stereocenters. The van der Waals surface area contributed by atoms with Crippen molar-refractivity contribution in [3.8, 4) is 0 Å². The predicted molar refractivity (Wildman–Crippen MR) is 132 cm³/mol. The number of hydrogen-bond acceptors (Lipinski definition) is 5. The van der Waals surface area contributed by atoms with Gasteiger partial charge in [-0.25, -0.2) is 0 Å². The van der Waals surface area contributed by atoms with Gasteiger partial charge in [0.2, 0.25) is 0 Å². The van der Waals surface area contributed by atoms with Crippen molar-refractivity contribution in [2.45, 2.75) is 39.7 Å². The van der Waals surface area contributed by atoms with E-state index in [1.165, 1.54) is 23.4 Å². The Morgan fingerprint density at radius 2 is 1.64 bits per heavy atom. The summed E-state index contributed by atoms with van der Waals surface area (Å²) < 4.78 is 5.58. The second-order valence-electron chi connectivity index (χ2n) is 9.14. The standard InChI is InChI=1S/C27H33N3O3/c1-19(2)33-18-17-30-26(31)24(21-7-5-4-6-8-21)25(27(30)32)28-22-9-11-23(12-10-22)29-15-13-20(3)14-16-29/h4-12,19-20,28H,13-18H2,1-3H3. The van der Waals surface area contributed by atoms with Crippen molar-refractivity contribution >= 4 is 28.8 Å². The lowest BCUT2D eigenvalue weighted by Crippen LogP contribution is -2.35. The van der Waals surface area contributed by atoms with Gasteiger partial charge in [-0.3, -0.25) is 14.5 Å². The van der Waals surface area contributed by atoms with Crippen LogP contribution in [-0.2, 0) is 14.3 Å². The Morgan fingerprint density at radius 3 is 2.27 bits per heavy atom. The quantitative estimate of drug-likeness (QED) is 0.602. The zero-order chi connectivity index (χ0) is 23.4. The molecule has 1 N–H and O–H groups in total. The van der Waals surface area contributed by atoms with Gasteiger partial charge in [-0.2, -0.15) is 0 Å². The molecule has 2 amide bonds. The van der Waals surface area contributed by atoms with E-state index in [1.807, 2.05) is 56.3 Å². The van der Waals surface area contributed by atoms with Crippen molar-refractivity contribution < 1.29 is 14.3 Å². The Balaban J connectivity index is 1.55. The number of nitrogens with zero attached hydrogens (tertiary/aromatic N) is 2. The number of benzene rings is 2. The van der Waals surface area contributed by atoms with Crippen LogP contribution in [0, 0.1) is 5.92 Å². The number of amides is 2. The van der Waals surface area contributed by atoms with E-state index in [2.05, 4.69) is 29.3 Å². The van der Waals surface area contributed by atoms with Gasteiger partial charge in [0.1, 0.15) is 5.70 Å². The molecule has 2 aromatic rings. The van der Waals surface area contributed by atoms with Gasteiger partial charge in [0.25, 0.3) is 11.8 Å². The number of rotatable bonds is 8. The summed E-state index contributed by atoms with van der Waals surface area (Å²) in [6.45, 7) is 8.85. The molecule has 0 aromatic heterocycles. The minimum Gasteiger partial charge on any atom is -0.377 e. The summed E-state index contributed by atoms with van der Waals surface area (Å²) in [4.78, 5) is 30.1. The summed E-state index contributed by atoms with van der Waals surface area (Å²) in [5.41, 5.74) is 3.42. The van der Waals surface area contributed by atoms with Gasteiger partial charge in [0.05, 0.1) is 24.8 Å². The molecule has 2 aromatic carbocycles. The number of nitrogens with one attached hydrogen (secondary N) is 1. The summed E-state index contributed by atoms with van der Waals surface area (Å²) in [5, 5.41) is 3.24. The molecule has 2 heterocycles. The van der Waals surface area contributed by atoms with E-state index in [0.717, 1.165) is 30.3 Å². The molecule has 2 aliphatic heterocycles. The van der Waals surface area contributed by atoms with Crippen LogP contribution >= 0.6 is 0 Å². The van der Waals surface area contributed by atoms with Crippen molar-refractivity contribution in [2.75, 3.05) is 36.5 Å². The number of anilines is 2. The van der Waals surface area contributed by atoms with Gasteiger partial charge in [0.15, 0.2) is 0 Å². The highest BCUT2D eigenvalue weighted by molar-refractivity contribution is 6.36. The molecule has 0 saturated carbocycles. The lowest BCUT2D eigenvalue weighted by Gasteiger charge is -2.32. The van der Waals surface area contributed by atoms with Crippen LogP contribution < -0.4 is 10.2 Å². The highest BCUT2D eigenvalue weighted by atomic mass is 16.5. The zero-order valence-corrected chi connectivity index (χ0v) is 19.7. The third kappa shape index (κ3) is 5.28. The van der Waals surface area contributed by atoms with E-state index in [-0.39, 0.29) is 24.5 Å². The fourth-order valence-electron chi connectivity index (χ4n) is 4.31. The summed E-state index contributed by atoms with van der Waals surface area (Å²) in [5.74, 6) is 0.172. The molecular weight excluding hydrogens is 414 g/mol. The van der Waals surface area contributed by atoms with Crippen LogP contribution in [0.5, 0.6) is 0 Å². The Hall–Kier alpha value is -3.12. The molecule has 0 spiro atoms. The number of carbonyl (C=O) groups excluding carboxylic acids is 2. The van der Waals surface area contributed by atoms with Crippen molar-refractivity contribution in [3.63, 3.8) is 0 Å². The Morgan fingerprint density at radius 1 is 0.970 bits per heavy atom. The highest BCUT2D eigenvalue weighted by Crippen LogP contribution is 2.31. The van der Waals surface area contributed by atoms with E-state index in [4.69, 9.17) is 4.74 Å². The predicted octanol–water partition coefficient (Wildman–Crippen LogP) is 4.54. The Bertz CT molecular complexity index is 1010. The number of piperidine rings is 1. The molecule has 2 aliphatic rings. The minimum atomic E-state index is -0.319. The lowest BCUT2D eigenvalue weighted by molar-refractivity contribution is -0.137. The van der Waals surface area contributed by atoms with Gasteiger partial charge >= 0.3 is 0 Å². The van der Waals surface area contributed by atoms with Gasteiger partial charge in [-0.1, -0.05) is 37.3 Å². The fraction of sp³-hybridized carbons (Fsp3) is 0.407. The first kappa shape index (κ1) is 23.1. The topological polar surface area (TPSA) is 61.9 Å². The van der Waals surface area contributed by atoms with Crippen LogP contribution in [0.4, 0.5) is 11.4 Å². The second kappa shape index (κ2) is 10.2. The van der Waals surface area contributed by atoms with Crippen LogP contribution in [-0.4, -0.2) is 49.1 Å². The fourth-order valence-corrected chi connectivity index (χ4v) is 4.31. The molecule has 0 radical (unpaired) electrons. The molecule has 1 fully saturated rings. The summed E-state index contributed by atoms with van der Waals surface area (Å²) in [6.07, 6.45) is 2.46. The van der Waals surface area contributed by atoms with Crippen molar-refractivity contribution in [2.24, 2.45) is 5.92 Å². The van der Waals surface area contributed by atoms with Gasteiger partial charge in [-0.05, 0) is 62.4 Å². The van der Waals surface area contributed by atoms with Gasteiger partial charge in [-0.15, -0.1) is 0 Å². The molecule has 33 heavy (non-hydrogen) atoms. The second-order valence-corrected chi connectivity index (χ2v) is 9.14. The molecule has 1 saturated heterocycles. The van der Waals surface area contributed by atoms with Crippen LogP contribution in [0.25, 0.3) is 5.57 Å². The first-order valence-electron chi connectivity index (χ1n) is 11.8. The van der Waals surface area contributed by atoms with E-state index in [1.54, 1.807) is 0 Å². The third-order valence-corrected chi connectivity index (χ3v) is 6.28. The molecule has 6 heteroatoms. The van der Waals surface area contributed by atoms with Crippen LogP contribution in [0.15, 0.2) is 60.3 Å². The highest BCUT2D eigenvalue weighted by Gasteiger charge is 2.39. The zero-order valence-electron chi connectivity index (χ0n) is 19.7. The van der Waals surface area contributed by atoms with E-state index in [9.17, 15) is 9.59 Å². The van der Waals surface area contributed by atoms with Crippen LogP contribution in [0.2, 0.25) is 0 Å². The van der Waals surface area contributed by atoms with Gasteiger partial charge < -0.3 is 15.0 Å². The first-order chi connectivity index (χ1) is 15.9. The summed E-state index contributed by atoms with van der Waals surface area (Å²) in [7, 11) is 0. The average Bonchev–Trinajstić information content (AvgIpc) is 3.04. The molecule has 0 unspecified atom stereocenters. The van der Waals surface area contributed by atoms with Crippen LogP contribution in [0.3, 0.4) is 0 Å². The maximum Gasteiger partial charge on any atom is 0.278 e. The molecule has 0 bridgehead atoms. The van der Waals surface area contributed by atoms with Gasteiger partial charge in [0, 0.05) is 24.5 Å². The van der Waals surface area contributed by atoms with E-state index in [0.29, 0.717) is 17.9 Å². The number of carbonyl (C=O) groups is 2. The molecule has 6 nitrogen and oxygen atoms in total. The van der Waals surface area contributed by atoms with Crippen molar-refractivity contribution in [1.29, 1.82) is 0 Å². The molecule has 0 aliphatic carbocycles. The minimum absolute atomic E-state index is 0.0404. The van der Waals surface area contributed by atoms with Crippen LogP contribution in [0.1, 0.15) is 39.2 Å². The summed E-state index contributed by atoms with van der Waals surface area (Å²) in [6, 6.07) is 17.5. The van der Waals surface area contributed by atoms with Crippen molar-refractivity contribution in [3.05, 3.63) is 65.9 Å². The maximum absolute atomic E-state index is 13.2. The number of ether oxygens (including phenoxy) is 1. The molecular formula is C27H33N3O3. The molecule has 4 rings (SSSR count). The molecule has 174 valence electrons. The normalized spacial score (nSPS) is 17.5. The Labute approximate surface area is 196 Å². The monoisotopic (exact) mass is 447 g/mol. The summed E-state index contributed by atoms with van der Waals surface area (Å²) >= 11 is 0. The van der Waals surface area contributed by atoms with E-state index >= 15 is 0 Å². The van der Waals surface area contributed by atoms with E-state index < -0.39 is 0 Å². The SMILES string of the molecule is CC1CCN(c2ccc(NC3=C(c4ccccc4)C(=O)N(CCOC(C)C)C3=O)cc2)CC1. The lowest BCUT2D eigenvalue weighted by atomic mass is 9.99. The average molecular weight is 448 g/mol. The number of imide groups is 1. The Kier molecular flexibility index (Phi) is 7.14. The maximum atomic E-state index is 13.2. The largest absolute Gasteiger partial charge is 0.377 e. The smallest absolute Gasteiger partial charge is 0.278 e. The first-order valence-corrected chi connectivity index (χ1v) is 11.8. The third-order valence-electron chi connectivity index (χ3n) is 6.28. The number of hydrogen-bond donors (Lipinski definition) is 1.